The van der Waals surface area contributed by atoms with Crippen LogP contribution in [0.2, 0.25) is 0 Å². The molecular weight excluding hydrogens is 238 g/mol. The highest BCUT2D eigenvalue weighted by Gasteiger charge is 2.17. The summed E-state index contributed by atoms with van der Waals surface area (Å²) in [5.41, 5.74) is 0. The van der Waals surface area contributed by atoms with Crippen LogP contribution in [0, 0.1) is 12.8 Å². The topological polar surface area (TPSA) is 96.5 Å². The molecule has 7 nitrogen and oxygen atoms in total. The van der Waals surface area contributed by atoms with E-state index in [1.54, 1.807) is 20.9 Å². The Morgan fingerprint density at radius 1 is 1.50 bits per heavy atom. The van der Waals surface area contributed by atoms with Crippen LogP contribution >= 0.6 is 0 Å². The predicted octanol–water partition coefficient (Wildman–Crippen LogP) is 0.490. The number of hydrogen-bond acceptors (Lipinski definition) is 5. The second-order valence-electron chi connectivity index (χ2n) is 4.25. The number of hydrogen-bond donors (Lipinski definition) is 1. The van der Waals surface area contributed by atoms with E-state index in [4.69, 9.17) is 9.63 Å². The third kappa shape index (κ3) is 4.15. The third-order valence-electron chi connectivity index (χ3n) is 2.52. The van der Waals surface area contributed by atoms with Crippen molar-refractivity contribution in [3.05, 3.63) is 11.7 Å². The smallest absolute Gasteiger partial charge is 0.308 e. The lowest BCUT2D eigenvalue weighted by Crippen LogP contribution is -2.33. The van der Waals surface area contributed by atoms with Gasteiger partial charge in [-0.25, -0.2) is 0 Å². The number of carboxylic acids is 1. The van der Waals surface area contributed by atoms with Crippen molar-refractivity contribution < 1.29 is 19.2 Å². The summed E-state index contributed by atoms with van der Waals surface area (Å²) in [5, 5.41) is 12.4. The van der Waals surface area contributed by atoms with Gasteiger partial charge in [0.25, 0.3) is 0 Å². The molecule has 18 heavy (non-hydrogen) atoms. The van der Waals surface area contributed by atoms with Crippen molar-refractivity contribution in [3.8, 4) is 0 Å². The third-order valence-corrected chi connectivity index (χ3v) is 2.52. The van der Waals surface area contributed by atoms with E-state index in [1.807, 2.05) is 0 Å². The highest BCUT2D eigenvalue weighted by Crippen LogP contribution is 2.04. The van der Waals surface area contributed by atoms with Crippen molar-refractivity contribution in [2.24, 2.45) is 5.92 Å². The zero-order chi connectivity index (χ0) is 13.7. The van der Waals surface area contributed by atoms with E-state index in [1.165, 1.54) is 4.90 Å². The fourth-order valence-corrected chi connectivity index (χ4v) is 1.44. The van der Waals surface area contributed by atoms with Gasteiger partial charge in [0, 0.05) is 26.4 Å². The van der Waals surface area contributed by atoms with Crippen molar-refractivity contribution in [1.29, 1.82) is 0 Å². The largest absolute Gasteiger partial charge is 0.481 e. The Kier molecular flexibility index (Phi) is 4.82. The van der Waals surface area contributed by atoms with Gasteiger partial charge in [0.15, 0.2) is 5.82 Å². The number of nitrogens with zero attached hydrogens (tertiary/aromatic N) is 3. The molecule has 1 unspecified atom stereocenters. The van der Waals surface area contributed by atoms with E-state index in [9.17, 15) is 9.59 Å². The number of amides is 1. The van der Waals surface area contributed by atoms with Crippen LogP contribution < -0.4 is 0 Å². The second-order valence-corrected chi connectivity index (χ2v) is 4.25. The van der Waals surface area contributed by atoms with E-state index >= 15 is 0 Å². The van der Waals surface area contributed by atoms with Gasteiger partial charge < -0.3 is 14.5 Å². The molecule has 0 saturated heterocycles. The monoisotopic (exact) mass is 255 g/mol. The first-order chi connectivity index (χ1) is 8.40. The van der Waals surface area contributed by atoms with Crippen molar-refractivity contribution in [1.82, 2.24) is 15.0 Å². The van der Waals surface area contributed by atoms with Gasteiger partial charge in [-0.1, -0.05) is 12.1 Å². The van der Waals surface area contributed by atoms with Crippen molar-refractivity contribution in [3.63, 3.8) is 0 Å². The summed E-state index contributed by atoms with van der Waals surface area (Å²) in [7, 11) is 1.58. The van der Waals surface area contributed by atoms with Gasteiger partial charge in [0.2, 0.25) is 11.8 Å². The van der Waals surface area contributed by atoms with Gasteiger partial charge in [-0.3, -0.25) is 9.59 Å². The van der Waals surface area contributed by atoms with Gasteiger partial charge in [0.05, 0.1) is 5.92 Å². The lowest BCUT2D eigenvalue weighted by atomic mass is 10.1. The minimum absolute atomic E-state index is 0.140. The molecule has 1 rings (SSSR count). The minimum atomic E-state index is -0.915. The molecule has 0 radical (unpaired) electrons. The molecule has 0 spiro atoms. The average Bonchev–Trinajstić information content (AvgIpc) is 2.71. The molecule has 1 atom stereocenters. The maximum absolute atomic E-state index is 11.7. The number of rotatable bonds is 6. The molecule has 0 fully saturated rings. The van der Waals surface area contributed by atoms with Crippen molar-refractivity contribution >= 4 is 11.9 Å². The molecule has 0 aliphatic rings. The van der Waals surface area contributed by atoms with Crippen LogP contribution in [0.1, 0.15) is 25.1 Å². The summed E-state index contributed by atoms with van der Waals surface area (Å²) < 4.78 is 4.89. The van der Waals surface area contributed by atoms with Crippen LogP contribution in [0.4, 0.5) is 0 Å². The fourth-order valence-electron chi connectivity index (χ4n) is 1.44. The van der Waals surface area contributed by atoms with E-state index in [2.05, 4.69) is 10.1 Å². The molecule has 0 aliphatic heterocycles. The Labute approximate surface area is 105 Å². The van der Waals surface area contributed by atoms with Gasteiger partial charge >= 0.3 is 5.97 Å². The zero-order valence-corrected chi connectivity index (χ0v) is 10.7. The Balaban J connectivity index is 2.38. The normalized spacial score (nSPS) is 12.2. The van der Waals surface area contributed by atoms with Crippen molar-refractivity contribution in [2.75, 3.05) is 13.6 Å². The van der Waals surface area contributed by atoms with E-state index in [0.29, 0.717) is 18.1 Å². The Morgan fingerprint density at radius 2 is 2.17 bits per heavy atom. The molecule has 1 aromatic heterocycles. The number of carboxylic acid groups (broad SMARTS) is 1. The predicted molar refractivity (Wildman–Crippen MR) is 61.8 cm³/mol. The van der Waals surface area contributed by atoms with Crippen LogP contribution in [-0.4, -0.2) is 45.6 Å². The maximum atomic E-state index is 11.7. The summed E-state index contributed by atoms with van der Waals surface area (Å²) in [6, 6.07) is 0. The maximum Gasteiger partial charge on any atom is 0.308 e. The lowest BCUT2D eigenvalue weighted by molar-refractivity contribution is -0.142. The number of aryl methyl sites for hydroxylation is 2. The van der Waals surface area contributed by atoms with Gasteiger partial charge in [-0.05, 0) is 6.92 Å². The number of carbonyl (C=O) groups is 2. The molecular formula is C11H17N3O4. The highest BCUT2D eigenvalue weighted by molar-refractivity contribution is 5.77. The SMILES string of the molecule is Cc1noc(CCC(=O)N(C)CC(C)C(=O)O)n1. The number of aliphatic carboxylic acids is 1. The molecule has 7 heteroatoms. The Morgan fingerprint density at radius 3 is 2.67 bits per heavy atom. The highest BCUT2D eigenvalue weighted by atomic mass is 16.5. The van der Waals surface area contributed by atoms with E-state index in [-0.39, 0.29) is 18.9 Å². The molecule has 0 aliphatic carbocycles. The summed E-state index contributed by atoms with van der Waals surface area (Å²) in [4.78, 5) is 27.8. The average molecular weight is 255 g/mol. The van der Waals surface area contributed by atoms with Crippen LogP contribution in [0.5, 0.6) is 0 Å². The lowest BCUT2D eigenvalue weighted by Gasteiger charge is -2.18. The molecule has 1 amide bonds. The first-order valence-electron chi connectivity index (χ1n) is 5.66. The first kappa shape index (κ1) is 14.1. The standard InChI is InChI=1S/C11H17N3O4/c1-7(11(16)17)6-14(3)10(15)5-4-9-12-8(2)13-18-9/h7H,4-6H2,1-3H3,(H,16,17). The van der Waals surface area contributed by atoms with Crippen molar-refractivity contribution in [2.45, 2.75) is 26.7 Å². The molecule has 0 bridgehead atoms. The molecule has 1 N–H and O–H groups in total. The zero-order valence-electron chi connectivity index (χ0n) is 10.7. The fraction of sp³-hybridized carbons (Fsp3) is 0.636. The van der Waals surface area contributed by atoms with Gasteiger partial charge in [-0.2, -0.15) is 4.98 Å². The number of aromatic nitrogens is 2. The summed E-state index contributed by atoms with van der Waals surface area (Å²) in [5.74, 6) is -0.684. The summed E-state index contributed by atoms with van der Waals surface area (Å²) in [6.45, 7) is 3.46. The van der Waals surface area contributed by atoms with E-state index in [0.717, 1.165) is 0 Å². The van der Waals surface area contributed by atoms with Gasteiger partial charge in [0.1, 0.15) is 0 Å². The van der Waals surface area contributed by atoms with Gasteiger partial charge in [-0.15, -0.1) is 0 Å². The number of carbonyl (C=O) groups excluding carboxylic acids is 1. The van der Waals surface area contributed by atoms with Crippen LogP contribution in [0.3, 0.4) is 0 Å². The molecule has 1 aromatic rings. The summed E-state index contributed by atoms with van der Waals surface area (Å²) >= 11 is 0. The molecule has 100 valence electrons. The molecule has 1 heterocycles. The molecule has 0 saturated carbocycles. The second kappa shape index (κ2) is 6.13. The Hall–Kier alpha value is -1.92. The first-order valence-corrected chi connectivity index (χ1v) is 5.66. The summed E-state index contributed by atoms with van der Waals surface area (Å²) in [6.07, 6.45) is 0.593. The quantitative estimate of drug-likeness (QED) is 0.794. The van der Waals surface area contributed by atoms with Crippen LogP contribution in [-0.2, 0) is 16.0 Å². The Bertz CT molecular complexity index is 430. The van der Waals surface area contributed by atoms with Crippen LogP contribution in [0.25, 0.3) is 0 Å². The van der Waals surface area contributed by atoms with E-state index < -0.39 is 11.9 Å². The van der Waals surface area contributed by atoms with Crippen LogP contribution in [0.15, 0.2) is 4.52 Å². The minimum Gasteiger partial charge on any atom is -0.481 e. The molecule has 0 aromatic carbocycles.